The third kappa shape index (κ3) is 3.68. The van der Waals surface area contributed by atoms with Crippen molar-refractivity contribution in [1.82, 2.24) is 4.90 Å². The summed E-state index contributed by atoms with van der Waals surface area (Å²) in [6.07, 6.45) is 0.691. The molecule has 0 aromatic rings. The van der Waals surface area contributed by atoms with Crippen molar-refractivity contribution in [3.05, 3.63) is 0 Å². The van der Waals surface area contributed by atoms with Crippen LogP contribution in [0.3, 0.4) is 0 Å². The zero-order valence-corrected chi connectivity index (χ0v) is 11.9. The molecule has 1 aliphatic heterocycles. The molecule has 0 spiro atoms. The maximum atomic E-state index is 11.9. The highest BCUT2D eigenvalue weighted by molar-refractivity contribution is 5.82. The number of hydrogen-bond donors (Lipinski definition) is 0. The van der Waals surface area contributed by atoms with Gasteiger partial charge in [0.2, 0.25) is 0 Å². The van der Waals surface area contributed by atoms with Gasteiger partial charge in [-0.15, -0.1) is 0 Å². The molecule has 1 amide bonds. The van der Waals surface area contributed by atoms with Crippen molar-refractivity contribution in [2.45, 2.75) is 39.2 Å². The topological polar surface area (TPSA) is 72.9 Å². The fourth-order valence-corrected chi connectivity index (χ4v) is 2.15. The molecule has 0 N–H and O–H groups in total. The molecule has 1 heterocycles. The molecule has 6 nitrogen and oxygen atoms in total. The van der Waals surface area contributed by atoms with Gasteiger partial charge in [0.25, 0.3) is 0 Å². The number of hydrogen-bond acceptors (Lipinski definition) is 5. The van der Waals surface area contributed by atoms with Crippen molar-refractivity contribution in [2.75, 3.05) is 20.2 Å². The van der Waals surface area contributed by atoms with Gasteiger partial charge in [0.05, 0.1) is 12.5 Å². The highest BCUT2D eigenvalue weighted by atomic mass is 16.6. The van der Waals surface area contributed by atoms with Gasteiger partial charge in [0.1, 0.15) is 11.9 Å². The van der Waals surface area contributed by atoms with Crippen molar-refractivity contribution in [1.29, 1.82) is 0 Å². The summed E-state index contributed by atoms with van der Waals surface area (Å²) in [7, 11) is 1.28. The fraction of sp³-hybridized carbons (Fsp3) is 0.769. The first-order valence-corrected chi connectivity index (χ1v) is 6.24. The van der Waals surface area contributed by atoms with Gasteiger partial charge in [-0.05, 0) is 27.2 Å². The summed E-state index contributed by atoms with van der Waals surface area (Å²) in [6, 6.07) is 0. The van der Waals surface area contributed by atoms with Crippen LogP contribution >= 0.6 is 0 Å². The molecule has 1 fully saturated rings. The molecule has 19 heavy (non-hydrogen) atoms. The molecule has 1 rings (SSSR count). The van der Waals surface area contributed by atoms with Gasteiger partial charge in [-0.3, -0.25) is 4.79 Å². The van der Waals surface area contributed by atoms with E-state index in [0.29, 0.717) is 19.3 Å². The Labute approximate surface area is 113 Å². The molecule has 1 atom stereocenters. The van der Waals surface area contributed by atoms with Crippen LogP contribution in [0.2, 0.25) is 0 Å². The number of aldehydes is 1. The molecular formula is C13H21NO5. The smallest absolute Gasteiger partial charge is 0.410 e. The van der Waals surface area contributed by atoms with E-state index >= 15 is 0 Å². The number of likely N-dealkylation sites (tertiary alicyclic amines) is 1. The molecule has 108 valence electrons. The molecule has 0 aromatic heterocycles. The van der Waals surface area contributed by atoms with E-state index in [4.69, 9.17) is 9.47 Å². The summed E-state index contributed by atoms with van der Waals surface area (Å²) in [4.78, 5) is 35.9. The van der Waals surface area contributed by atoms with E-state index in [-0.39, 0.29) is 13.0 Å². The predicted molar refractivity (Wildman–Crippen MR) is 67.6 cm³/mol. The van der Waals surface area contributed by atoms with Crippen LogP contribution in [0.15, 0.2) is 0 Å². The lowest BCUT2D eigenvalue weighted by atomic mass is 9.84. The lowest BCUT2D eigenvalue weighted by Gasteiger charge is -2.26. The summed E-state index contributed by atoms with van der Waals surface area (Å²) in [5.41, 5.74) is -1.51. The first-order valence-electron chi connectivity index (χ1n) is 6.24. The Morgan fingerprint density at radius 1 is 1.37 bits per heavy atom. The van der Waals surface area contributed by atoms with Gasteiger partial charge in [0, 0.05) is 19.5 Å². The number of carbonyl (C=O) groups excluding carboxylic acids is 3. The standard InChI is InChI=1S/C13H21NO5/c1-12(2,3)19-11(17)14-7-5-13(9-14,6-8-15)10(16)18-4/h8H,5-7,9H2,1-4H3. The van der Waals surface area contributed by atoms with Crippen LogP contribution < -0.4 is 0 Å². The third-order valence-electron chi connectivity index (χ3n) is 3.10. The molecule has 1 unspecified atom stereocenters. The Morgan fingerprint density at radius 3 is 2.47 bits per heavy atom. The quantitative estimate of drug-likeness (QED) is 0.572. The minimum atomic E-state index is -0.923. The second-order valence-corrected chi connectivity index (χ2v) is 5.79. The summed E-state index contributed by atoms with van der Waals surface area (Å²) in [6.45, 7) is 5.88. The summed E-state index contributed by atoms with van der Waals surface area (Å²) in [5, 5.41) is 0. The minimum Gasteiger partial charge on any atom is -0.469 e. The lowest BCUT2D eigenvalue weighted by molar-refractivity contribution is -0.153. The first kappa shape index (κ1) is 15.5. The highest BCUT2D eigenvalue weighted by Gasteiger charge is 2.47. The number of methoxy groups -OCH3 is 1. The van der Waals surface area contributed by atoms with Crippen LogP contribution in [0, 0.1) is 5.41 Å². The largest absolute Gasteiger partial charge is 0.469 e. The number of carbonyl (C=O) groups is 3. The van der Waals surface area contributed by atoms with E-state index in [1.807, 2.05) is 0 Å². The molecule has 6 heteroatoms. The number of nitrogens with zero attached hydrogens (tertiary/aromatic N) is 1. The lowest BCUT2D eigenvalue weighted by Crippen LogP contribution is -2.40. The fourth-order valence-electron chi connectivity index (χ4n) is 2.15. The Morgan fingerprint density at radius 2 is 2.00 bits per heavy atom. The van der Waals surface area contributed by atoms with Gasteiger partial charge >= 0.3 is 12.1 Å². The maximum absolute atomic E-state index is 11.9. The van der Waals surface area contributed by atoms with Gasteiger partial charge in [-0.2, -0.15) is 0 Å². The molecule has 0 aromatic carbocycles. The minimum absolute atomic E-state index is 0.0545. The van der Waals surface area contributed by atoms with Gasteiger partial charge in [-0.1, -0.05) is 0 Å². The van der Waals surface area contributed by atoms with Crippen molar-refractivity contribution in [3.63, 3.8) is 0 Å². The average molecular weight is 271 g/mol. The van der Waals surface area contributed by atoms with E-state index in [0.717, 1.165) is 0 Å². The van der Waals surface area contributed by atoms with Gasteiger partial charge in [-0.25, -0.2) is 4.79 Å². The summed E-state index contributed by atoms with van der Waals surface area (Å²) >= 11 is 0. The predicted octanol–water partition coefficient (Wildman–Crippen LogP) is 1.38. The monoisotopic (exact) mass is 271 g/mol. The van der Waals surface area contributed by atoms with Gasteiger partial charge < -0.3 is 19.2 Å². The molecular weight excluding hydrogens is 250 g/mol. The van der Waals surface area contributed by atoms with Crippen molar-refractivity contribution in [3.8, 4) is 0 Å². The maximum Gasteiger partial charge on any atom is 0.410 e. The molecule has 0 bridgehead atoms. The molecule has 0 aliphatic carbocycles. The SMILES string of the molecule is COC(=O)C1(CC=O)CCN(C(=O)OC(C)(C)C)C1. The van der Waals surface area contributed by atoms with Crippen molar-refractivity contribution >= 4 is 18.3 Å². The van der Waals surface area contributed by atoms with E-state index < -0.39 is 23.1 Å². The number of amides is 1. The molecule has 0 saturated carbocycles. The zero-order chi connectivity index (χ0) is 14.7. The van der Waals surface area contributed by atoms with Crippen LogP contribution in [0.5, 0.6) is 0 Å². The van der Waals surface area contributed by atoms with Gasteiger partial charge in [0.15, 0.2) is 0 Å². The highest BCUT2D eigenvalue weighted by Crippen LogP contribution is 2.35. The Kier molecular flexibility index (Phi) is 4.55. The van der Waals surface area contributed by atoms with Crippen LogP contribution in [-0.2, 0) is 19.1 Å². The van der Waals surface area contributed by atoms with E-state index in [1.54, 1.807) is 20.8 Å². The van der Waals surface area contributed by atoms with E-state index in [9.17, 15) is 14.4 Å². The Bertz CT molecular complexity index is 374. The molecule has 1 aliphatic rings. The number of esters is 1. The Balaban J connectivity index is 2.76. The average Bonchev–Trinajstić information content (AvgIpc) is 2.72. The second kappa shape index (κ2) is 5.59. The van der Waals surface area contributed by atoms with Crippen LogP contribution in [0.25, 0.3) is 0 Å². The van der Waals surface area contributed by atoms with Crippen LogP contribution in [0.4, 0.5) is 4.79 Å². The van der Waals surface area contributed by atoms with Crippen LogP contribution in [-0.4, -0.2) is 49.0 Å². The molecule has 0 radical (unpaired) electrons. The third-order valence-corrected chi connectivity index (χ3v) is 3.10. The van der Waals surface area contributed by atoms with Crippen LogP contribution in [0.1, 0.15) is 33.6 Å². The van der Waals surface area contributed by atoms with Crippen molar-refractivity contribution < 1.29 is 23.9 Å². The zero-order valence-electron chi connectivity index (χ0n) is 11.9. The molecule has 1 saturated heterocycles. The number of ether oxygens (including phenoxy) is 2. The van der Waals surface area contributed by atoms with E-state index in [2.05, 4.69) is 0 Å². The second-order valence-electron chi connectivity index (χ2n) is 5.79. The number of rotatable bonds is 3. The van der Waals surface area contributed by atoms with E-state index in [1.165, 1.54) is 12.0 Å². The normalized spacial score (nSPS) is 23.1. The first-order chi connectivity index (χ1) is 8.74. The summed E-state index contributed by atoms with van der Waals surface area (Å²) in [5.74, 6) is -0.453. The summed E-state index contributed by atoms with van der Waals surface area (Å²) < 4.78 is 10.00. The van der Waals surface area contributed by atoms with Crippen molar-refractivity contribution in [2.24, 2.45) is 5.41 Å². The Hall–Kier alpha value is -1.59.